The zero-order valence-electron chi connectivity index (χ0n) is 33.4. The van der Waals surface area contributed by atoms with Crippen LogP contribution in [0.15, 0.2) is 97.1 Å². The summed E-state index contributed by atoms with van der Waals surface area (Å²) in [7, 11) is 0.404. The monoisotopic (exact) mass is 1030 g/mol. The number of benzene rings is 5. The maximum absolute atomic E-state index is 14.2. The van der Waals surface area contributed by atoms with Crippen molar-refractivity contribution in [3.05, 3.63) is 153 Å². The van der Waals surface area contributed by atoms with Crippen LogP contribution in [0.1, 0.15) is 50.1 Å². The summed E-state index contributed by atoms with van der Waals surface area (Å²) in [5.74, 6) is 0.904. The Balaban J connectivity index is 0.000000802. The molecule has 0 nitrogen and oxygen atoms in total. The molecule has 0 bridgehead atoms. The standard InChI is InChI=1S/C32H12BF24.C9H12FS/c34-25(35,36)13-1-14(26(37,38)39)6-21(5-13)33(22-7-15(27(40,41)42)2-16(8-22)28(43,44)45,23-9-17(29(46,47)48)3-18(10-23)30(49,50)51)24-11-19(31(52,53)54)4-20(12-24)32(55,56)57;1-11(2)7-8-3-5-9(10)6-4-8/h1-12H;3-6H,7H2,1-2H3/q-1;+1. The van der Waals surface area contributed by atoms with Crippen molar-refractivity contribution in [3.63, 3.8) is 0 Å². The van der Waals surface area contributed by atoms with E-state index in [4.69, 9.17) is 0 Å². The third-order valence-corrected chi connectivity index (χ3v) is 10.7. The van der Waals surface area contributed by atoms with Crippen LogP contribution < -0.4 is 21.9 Å². The topological polar surface area (TPSA) is 0 Å². The van der Waals surface area contributed by atoms with E-state index in [-0.39, 0.29) is 5.82 Å². The number of hydrogen-bond acceptors (Lipinski definition) is 0. The molecule has 0 fully saturated rings. The Morgan fingerprint density at radius 3 is 0.632 bits per heavy atom. The first-order valence-electron chi connectivity index (χ1n) is 18.1. The van der Waals surface area contributed by atoms with Gasteiger partial charge >= 0.3 is 49.4 Å². The van der Waals surface area contributed by atoms with Crippen LogP contribution in [0.2, 0.25) is 0 Å². The lowest BCUT2D eigenvalue weighted by Gasteiger charge is -2.46. The molecule has 5 rings (SSSR count). The van der Waals surface area contributed by atoms with Gasteiger partial charge in [0.1, 0.15) is 17.7 Å². The molecule has 0 atom stereocenters. The molecule has 0 aliphatic rings. The van der Waals surface area contributed by atoms with Crippen LogP contribution >= 0.6 is 0 Å². The molecule has 0 aromatic heterocycles. The molecule has 5 aromatic rings. The van der Waals surface area contributed by atoms with Crippen LogP contribution in [-0.4, -0.2) is 18.7 Å². The fourth-order valence-electron chi connectivity index (χ4n) is 6.98. The number of rotatable bonds is 6. The summed E-state index contributed by atoms with van der Waals surface area (Å²) in [5, 5.41) is 0. The fourth-order valence-corrected chi connectivity index (χ4v) is 7.84. The first-order valence-corrected chi connectivity index (χ1v) is 20.3. The lowest BCUT2D eigenvalue weighted by molar-refractivity contribution is -0.144. The van der Waals surface area contributed by atoms with Crippen molar-refractivity contribution < 1.29 is 110 Å². The first kappa shape index (κ1) is 55.4. The van der Waals surface area contributed by atoms with E-state index < -0.39 is 195 Å². The molecular weight excluding hydrogens is 1010 g/mol. The average molecular weight is 1030 g/mol. The molecule has 0 heterocycles. The number of alkyl halides is 24. The largest absolute Gasteiger partial charge is 0.416 e. The lowest BCUT2D eigenvalue weighted by atomic mass is 9.12. The summed E-state index contributed by atoms with van der Waals surface area (Å²) in [6.07, 6.45) is -50.4. The van der Waals surface area contributed by atoms with Crippen LogP contribution in [-0.2, 0) is 66.1 Å². The van der Waals surface area contributed by atoms with Crippen molar-refractivity contribution in [2.24, 2.45) is 0 Å². The van der Waals surface area contributed by atoms with Gasteiger partial charge in [0.2, 0.25) is 0 Å². The highest BCUT2D eigenvalue weighted by molar-refractivity contribution is 7.94. The number of halogens is 25. The van der Waals surface area contributed by atoms with Gasteiger partial charge in [0, 0.05) is 5.56 Å². The summed E-state index contributed by atoms with van der Waals surface area (Å²) in [5.41, 5.74) is -29.0. The van der Waals surface area contributed by atoms with Crippen LogP contribution in [0.3, 0.4) is 0 Å². The molecule has 0 aliphatic carbocycles. The molecule has 68 heavy (non-hydrogen) atoms. The van der Waals surface area contributed by atoms with E-state index in [0.717, 1.165) is 5.75 Å². The summed E-state index contributed by atoms with van der Waals surface area (Å²) >= 11 is 0. The van der Waals surface area contributed by atoms with Crippen LogP contribution in [0, 0.1) is 5.82 Å². The van der Waals surface area contributed by atoms with Crippen molar-refractivity contribution in [1.29, 1.82) is 0 Å². The van der Waals surface area contributed by atoms with E-state index in [2.05, 4.69) is 12.5 Å². The summed E-state index contributed by atoms with van der Waals surface area (Å²) in [6.45, 7) is 0. The SMILES string of the molecule is C[S+](C)Cc1ccc(F)cc1.FC(F)(F)c1cc([B-](c2cc(C(F)(F)F)cc(C(F)(F)F)c2)(c2cc(C(F)(F)F)cc(C(F)(F)F)c2)c2cc(C(F)(F)F)cc(C(F)(F)F)c2)cc(C(F)(F)F)c1. The zero-order chi connectivity index (χ0) is 52.2. The van der Waals surface area contributed by atoms with Gasteiger partial charge in [-0.15, -0.1) is 0 Å². The second kappa shape index (κ2) is 18.6. The third-order valence-electron chi connectivity index (χ3n) is 9.81. The van der Waals surface area contributed by atoms with Crippen molar-refractivity contribution in [2.75, 3.05) is 12.5 Å². The molecule has 372 valence electrons. The van der Waals surface area contributed by atoms with E-state index in [9.17, 15) is 110 Å². The minimum Gasteiger partial charge on any atom is -0.207 e. The van der Waals surface area contributed by atoms with E-state index >= 15 is 0 Å². The summed E-state index contributed by atoms with van der Waals surface area (Å²) in [4.78, 5) is 0. The van der Waals surface area contributed by atoms with Crippen molar-refractivity contribution in [1.82, 2.24) is 0 Å². The van der Waals surface area contributed by atoms with Crippen LogP contribution in [0.4, 0.5) is 110 Å². The van der Waals surface area contributed by atoms with Gasteiger partial charge in [-0.3, -0.25) is 0 Å². The molecule has 0 unspecified atom stereocenters. The Morgan fingerprint density at radius 2 is 0.485 bits per heavy atom. The smallest absolute Gasteiger partial charge is 0.207 e. The van der Waals surface area contributed by atoms with Crippen LogP contribution in [0.25, 0.3) is 0 Å². The maximum atomic E-state index is 14.2. The lowest BCUT2D eigenvalue weighted by Crippen LogP contribution is -2.75. The Kier molecular flexibility index (Phi) is 15.1. The molecule has 0 saturated carbocycles. The van der Waals surface area contributed by atoms with E-state index in [1.807, 2.05) is 12.1 Å². The van der Waals surface area contributed by atoms with E-state index in [1.165, 1.54) is 17.7 Å². The zero-order valence-corrected chi connectivity index (χ0v) is 34.2. The first-order chi connectivity index (χ1) is 30.4. The highest BCUT2D eigenvalue weighted by Gasteiger charge is 2.47. The highest BCUT2D eigenvalue weighted by atomic mass is 32.2. The molecule has 0 N–H and O–H groups in total. The van der Waals surface area contributed by atoms with Gasteiger partial charge in [-0.1, -0.05) is 60.7 Å². The molecule has 0 amide bonds. The van der Waals surface area contributed by atoms with E-state index in [0.29, 0.717) is 10.9 Å². The van der Waals surface area contributed by atoms with Gasteiger partial charge < -0.3 is 0 Å². The predicted molar refractivity (Wildman–Crippen MR) is 199 cm³/mol. The molecule has 0 saturated heterocycles. The molecule has 0 spiro atoms. The molecule has 0 aliphatic heterocycles. The Labute approximate surface area is 369 Å². The molecule has 5 aromatic carbocycles. The van der Waals surface area contributed by atoms with Crippen molar-refractivity contribution in [3.8, 4) is 0 Å². The van der Waals surface area contributed by atoms with Gasteiger partial charge in [0.05, 0.1) is 57.0 Å². The van der Waals surface area contributed by atoms with Crippen molar-refractivity contribution >= 4 is 38.9 Å². The van der Waals surface area contributed by atoms with E-state index in [1.54, 1.807) is 0 Å². The number of hydrogen-bond donors (Lipinski definition) is 0. The fraction of sp³-hybridized carbons (Fsp3) is 0.268. The van der Waals surface area contributed by atoms with Gasteiger partial charge in [0.15, 0.2) is 0 Å². The van der Waals surface area contributed by atoms with Gasteiger partial charge in [-0.25, -0.2) is 4.39 Å². The normalized spacial score (nSPS) is 13.7. The molecule has 27 heteroatoms. The Bertz CT molecular complexity index is 2130. The second-order valence-corrected chi connectivity index (χ2v) is 17.2. The minimum absolute atomic E-state index is 0.152. The predicted octanol–water partition coefficient (Wildman–Crippen LogP) is 13.4. The maximum Gasteiger partial charge on any atom is 0.416 e. The Hall–Kier alpha value is -5.24. The third kappa shape index (κ3) is 13.1. The minimum atomic E-state index is -6.13. The van der Waals surface area contributed by atoms with Gasteiger partial charge in [0.25, 0.3) is 0 Å². The average Bonchev–Trinajstić information content (AvgIpc) is 3.16. The molecule has 0 radical (unpaired) electrons. The summed E-state index contributed by atoms with van der Waals surface area (Å²) in [6, 6.07) is -2.08. The van der Waals surface area contributed by atoms with Crippen LogP contribution in [0.5, 0.6) is 0 Å². The quantitative estimate of drug-likeness (QED) is 0.0903. The van der Waals surface area contributed by atoms with Gasteiger partial charge in [-0.2, -0.15) is 127 Å². The Morgan fingerprint density at radius 1 is 0.309 bits per heavy atom. The van der Waals surface area contributed by atoms with Gasteiger partial charge in [-0.05, 0) is 47.3 Å². The van der Waals surface area contributed by atoms with Crippen molar-refractivity contribution in [2.45, 2.75) is 55.2 Å². The molecular formula is C41H24BF25S. The highest BCUT2D eigenvalue weighted by Crippen LogP contribution is 2.41. The second-order valence-electron chi connectivity index (χ2n) is 15.0. The summed E-state index contributed by atoms with van der Waals surface area (Å²) < 4.78 is 353.